The van der Waals surface area contributed by atoms with Crippen molar-refractivity contribution in [2.75, 3.05) is 0 Å². The van der Waals surface area contributed by atoms with Crippen LogP contribution in [0, 0.1) is 6.92 Å². The molecule has 1 atom stereocenters. The van der Waals surface area contributed by atoms with Crippen LogP contribution in [-0.2, 0) is 6.54 Å². The number of rotatable bonds is 4. The predicted molar refractivity (Wildman–Crippen MR) is 63.3 cm³/mol. The highest BCUT2D eigenvalue weighted by atomic mass is 16.3. The first kappa shape index (κ1) is 11.7. The highest BCUT2D eigenvalue weighted by molar-refractivity contribution is 5.17. The molecule has 1 unspecified atom stereocenters. The quantitative estimate of drug-likeness (QED) is 0.867. The van der Waals surface area contributed by atoms with Gasteiger partial charge in [-0.25, -0.2) is 0 Å². The van der Waals surface area contributed by atoms with Crippen LogP contribution in [0.1, 0.15) is 36.5 Å². The van der Waals surface area contributed by atoms with Crippen molar-refractivity contribution in [1.29, 1.82) is 0 Å². The van der Waals surface area contributed by atoms with E-state index in [9.17, 15) is 5.11 Å². The van der Waals surface area contributed by atoms with E-state index in [1.807, 2.05) is 13.0 Å². The molecule has 0 aliphatic carbocycles. The van der Waals surface area contributed by atoms with E-state index in [1.165, 1.54) is 0 Å². The number of aliphatic hydroxyl groups is 1. The number of aryl methyl sites for hydroxylation is 2. The average molecular weight is 232 g/mol. The summed E-state index contributed by atoms with van der Waals surface area (Å²) in [4.78, 5) is 8.32. The smallest absolute Gasteiger partial charge is 0.139 e. The SMILES string of the molecule is CCCn1nccc1C(O)c1cnc(C)cn1. The van der Waals surface area contributed by atoms with Crippen LogP contribution in [0.4, 0.5) is 0 Å². The molecule has 0 radical (unpaired) electrons. The van der Waals surface area contributed by atoms with E-state index in [0.717, 1.165) is 24.4 Å². The molecule has 2 aromatic rings. The van der Waals surface area contributed by atoms with E-state index in [1.54, 1.807) is 23.3 Å². The highest BCUT2D eigenvalue weighted by Gasteiger charge is 2.16. The summed E-state index contributed by atoms with van der Waals surface area (Å²) in [5, 5.41) is 14.4. The zero-order valence-corrected chi connectivity index (χ0v) is 10.0. The number of aliphatic hydroxyl groups excluding tert-OH is 1. The molecule has 0 fully saturated rings. The van der Waals surface area contributed by atoms with Crippen LogP contribution in [0.5, 0.6) is 0 Å². The normalized spacial score (nSPS) is 12.6. The zero-order chi connectivity index (χ0) is 12.3. The maximum atomic E-state index is 10.2. The molecule has 2 heterocycles. The molecule has 0 saturated carbocycles. The lowest BCUT2D eigenvalue weighted by molar-refractivity contribution is 0.202. The molecule has 0 bridgehead atoms. The Kier molecular flexibility index (Phi) is 3.49. The summed E-state index contributed by atoms with van der Waals surface area (Å²) in [5.41, 5.74) is 2.14. The molecule has 2 aromatic heterocycles. The minimum Gasteiger partial charge on any atom is -0.380 e. The maximum Gasteiger partial charge on any atom is 0.139 e. The molecule has 0 saturated heterocycles. The van der Waals surface area contributed by atoms with Gasteiger partial charge < -0.3 is 5.11 Å². The summed E-state index contributed by atoms with van der Waals surface area (Å²) < 4.78 is 1.80. The van der Waals surface area contributed by atoms with E-state index in [4.69, 9.17) is 0 Å². The van der Waals surface area contributed by atoms with Crippen LogP contribution in [0.25, 0.3) is 0 Å². The number of hydrogen-bond donors (Lipinski definition) is 1. The molecule has 90 valence electrons. The topological polar surface area (TPSA) is 63.8 Å². The van der Waals surface area contributed by atoms with Gasteiger partial charge in [0.1, 0.15) is 6.10 Å². The van der Waals surface area contributed by atoms with Gasteiger partial charge in [-0.3, -0.25) is 14.6 Å². The van der Waals surface area contributed by atoms with Gasteiger partial charge in [-0.2, -0.15) is 5.10 Å². The minimum absolute atomic E-state index is 0.549. The van der Waals surface area contributed by atoms with Crippen molar-refractivity contribution in [3.8, 4) is 0 Å². The van der Waals surface area contributed by atoms with E-state index >= 15 is 0 Å². The van der Waals surface area contributed by atoms with Gasteiger partial charge in [-0.1, -0.05) is 6.92 Å². The van der Waals surface area contributed by atoms with E-state index in [0.29, 0.717) is 5.69 Å². The summed E-state index contributed by atoms with van der Waals surface area (Å²) >= 11 is 0. The van der Waals surface area contributed by atoms with Crippen LogP contribution in [0.15, 0.2) is 24.7 Å². The molecule has 0 aliphatic heterocycles. The summed E-state index contributed by atoms with van der Waals surface area (Å²) in [7, 11) is 0. The molecule has 2 rings (SSSR count). The second-order valence-electron chi connectivity index (χ2n) is 3.96. The zero-order valence-electron chi connectivity index (χ0n) is 10.0. The fraction of sp³-hybridized carbons (Fsp3) is 0.417. The van der Waals surface area contributed by atoms with Crippen molar-refractivity contribution in [2.45, 2.75) is 32.9 Å². The van der Waals surface area contributed by atoms with E-state index in [2.05, 4.69) is 22.0 Å². The van der Waals surface area contributed by atoms with Crippen molar-refractivity contribution in [2.24, 2.45) is 0 Å². The first-order valence-corrected chi connectivity index (χ1v) is 5.70. The van der Waals surface area contributed by atoms with Crippen molar-refractivity contribution < 1.29 is 5.11 Å². The molecule has 1 N–H and O–H groups in total. The summed E-state index contributed by atoms with van der Waals surface area (Å²) in [6.45, 7) is 4.73. The Balaban J connectivity index is 2.26. The number of aromatic nitrogens is 4. The molecule has 5 nitrogen and oxygen atoms in total. The Bertz CT molecular complexity index is 478. The number of hydrogen-bond acceptors (Lipinski definition) is 4. The second-order valence-corrected chi connectivity index (χ2v) is 3.96. The van der Waals surface area contributed by atoms with E-state index < -0.39 is 6.10 Å². The van der Waals surface area contributed by atoms with Gasteiger partial charge in [0.2, 0.25) is 0 Å². The molecular formula is C12H16N4O. The van der Waals surface area contributed by atoms with Crippen LogP contribution in [0.2, 0.25) is 0 Å². The van der Waals surface area contributed by atoms with Gasteiger partial charge in [-0.15, -0.1) is 0 Å². The third-order valence-electron chi connectivity index (χ3n) is 2.55. The molecule has 0 spiro atoms. The monoisotopic (exact) mass is 232 g/mol. The first-order valence-electron chi connectivity index (χ1n) is 5.70. The van der Waals surface area contributed by atoms with Crippen molar-refractivity contribution in [3.05, 3.63) is 41.7 Å². The molecule has 0 aliphatic rings. The Labute approximate surface area is 100 Å². The van der Waals surface area contributed by atoms with Gasteiger partial charge in [0.25, 0.3) is 0 Å². The van der Waals surface area contributed by atoms with Crippen molar-refractivity contribution >= 4 is 0 Å². The summed E-state index contributed by atoms with van der Waals surface area (Å²) in [6, 6.07) is 1.81. The van der Waals surface area contributed by atoms with Gasteiger partial charge in [0.05, 0.1) is 23.3 Å². The molecule has 0 amide bonds. The average Bonchev–Trinajstić information content (AvgIpc) is 2.78. The fourth-order valence-corrected chi connectivity index (χ4v) is 1.67. The van der Waals surface area contributed by atoms with Gasteiger partial charge >= 0.3 is 0 Å². The van der Waals surface area contributed by atoms with Crippen LogP contribution < -0.4 is 0 Å². The van der Waals surface area contributed by atoms with Crippen LogP contribution in [-0.4, -0.2) is 24.9 Å². The lowest BCUT2D eigenvalue weighted by atomic mass is 10.2. The predicted octanol–water partition coefficient (Wildman–Crippen LogP) is 1.47. The molecule has 5 heteroatoms. The standard InChI is InChI=1S/C12H16N4O/c1-3-6-16-11(4-5-15-16)12(17)10-8-13-9(2)7-14-10/h4-5,7-8,12,17H,3,6H2,1-2H3. The lowest BCUT2D eigenvalue weighted by Crippen LogP contribution is -2.11. The Morgan fingerprint density at radius 3 is 2.82 bits per heavy atom. The number of nitrogens with zero attached hydrogens (tertiary/aromatic N) is 4. The summed E-state index contributed by atoms with van der Waals surface area (Å²) in [5.74, 6) is 0. The first-order chi connectivity index (χ1) is 8.22. The van der Waals surface area contributed by atoms with Gasteiger partial charge in [0.15, 0.2) is 0 Å². The Morgan fingerprint density at radius 2 is 2.18 bits per heavy atom. The summed E-state index contributed by atoms with van der Waals surface area (Å²) in [6.07, 6.45) is 5.15. The van der Waals surface area contributed by atoms with Crippen molar-refractivity contribution in [3.63, 3.8) is 0 Å². The van der Waals surface area contributed by atoms with Gasteiger partial charge in [0, 0.05) is 18.9 Å². The molecule has 0 aromatic carbocycles. The fourth-order valence-electron chi connectivity index (χ4n) is 1.67. The van der Waals surface area contributed by atoms with E-state index in [-0.39, 0.29) is 0 Å². The largest absolute Gasteiger partial charge is 0.380 e. The van der Waals surface area contributed by atoms with Crippen LogP contribution >= 0.6 is 0 Å². The third-order valence-corrected chi connectivity index (χ3v) is 2.55. The highest BCUT2D eigenvalue weighted by Crippen LogP contribution is 2.19. The van der Waals surface area contributed by atoms with Crippen LogP contribution in [0.3, 0.4) is 0 Å². The molecule has 17 heavy (non-hydrogen) atoms. The second kappa shape index (κ2) is 5.05. The minimum atomic E-state index is -0.767. The Morgan fingerprint density at radius 1 is 1.35 bits per heavy atom. The molecular weight excluding hydrogens is 216 g/mol. The maximum absolute atomic E-state index is 10.2. The van der Waals surface area contributed by atoms with Crippen molar-refractivity contribution in [1.82, 2.24) is 19.7 Å². The Hall–Kier alpha value is -1.75. The lowest BCUT2D eigenvalue weighted by Gasteiger charge is -2.12. The van der Waals surface area contributed by atoms with Gasteiger partial charge in [-0.05, 0) is 19.4 Å². The third kappa shape index (κ3) is 2.50.